The van der Waals surface area contributed by atoms with Crippen molar-refractivity contribution in [2.45, 2.75) is 58.7 Å². The smallest absolute Gasteiger partial charge is 0.323 e. The van der Waals surface area contributed by atoms with E-state index < -0.39 is 0 Å². The first-order valence-electron chi connectivity index (χ1n) is 5.28. The molecule has 1 saturated heterocycles. The first kappa shape index (κ1) is 11.5. The molecule has 0 bridgehead atoms. The van der Waals surface area contributed by atoms with Crippen LogP contribution >= 0.6 is 0 Å². The summed E-state index contributed by atoms with van der Waals surface area (Å²) in [6, 6.07) is 0.298. The number of hydrogen-bond acceptors (Lipinski definition) is 3. The summed E-state index contributed by atoms with van der Waals surface area (Å²) in [5.74, 6) is 0.432. The highest BCUT2D eigenvalue weighted by molar-refractivity contribution is 5.76. The summed E-state index contributed by atoms with van der Waals surface area (Å²) in [4.78, 5) is 11.7. The number of ether oxygens (including phenoxy) is 1. The third-order valence-electron chi connectivity index (χ3n) is 2.62. The summed E-state index contributed by atoms with van der Waals surface area (Å²) in [5.41, 5.74) is -0.381. The summed E-state index contributed by atoms with van der Waals surface area (Å²) in [6.07, 6.45) is 0.885. The average molecular weight is 199 g/mol. The van der Waals surface area contributed by atoms with E-state index in [1.807, 2.05) is 20.8 Å². The highest BCUT2D eigenvalue weighted by atomic mass is 16.6. The van der Waals surface area contributed by atoms with Gasteiger partial charge in [-0.05, 0) is 40.0 Å². The fourth-order valence-electron chi connectivity index (χ4n) is 1.66. The molecular weight excluding hydrogens is 178 g/mol. The lowest BCUT2D eigenvalue weighted by Crippen LogP contribution is -2.39. The molecule has 3 atom stereocenters. The highest BCUT2D eigenvalue weighted by Gasteiger charge is 2.34. The number of rotatable bonds is 1. The molecule has 1 rings (SSSR count). The molecule has 0 aromatic heterocycles. The van der Waals surface area contributed by atoms with Crippen LogP contribution in [0.15, 0.2) is 0 Å². The van der Waals surface area contributed by atoms with Gasteiger partial charge in [-0.25, -0.2) is 0 Å². The van der Waals surface area contributed by atoms with Crippen LogP contribution in [0.4, 0.5) is 0 Å². The SMILES string of the molecule is C[C@@H]1CC(C(=O)OC(C)(C)C)N[C@H]1C. The lowest BCUT2D eigenvalue weighted by atomic mass is 10.0. The number of hydrogen-bond donors (Lipinski definition) is 1. The number of carbonyl (C=O) groups is 1. The van der Waals surface area contributed by atoms with E-state index in [4.69, 9.17) is 4.74 Å². The van der Waals surface area contributed by atoms with Gasteiger partial charge in [-0.2, -0.15) is 0 Å². The van der Waals surface area contributed by atoms with Gasteiger partial charge >= 0.3 is 5.97 Å². The van der Waals surface area contributed by atoms with E-state index in [1.165, 1.54) is 0 Å². The van der Waals surface area contributed by atoms with Gasteiger partial charge in [0.1, 0.15) is 11.6 Å². The fourth-order valence-corrected chi connectivity index (χ4v) is 1.66. The van der Waals surface area contributed by atoms with Crippen molar-refractivity contribution in [3.8, 4) is 0 Å². The molecule has 1 unspecified atom stereocenters. The minimum Gasteiger partial charge on any atom is -0.459 e. The maximum absolute atomic E-state index is 11.7. The molecule has 1 heterocycles. The van der Waals surface area contributed by atoms with Crippen molar-refractivity contribution in [2.75, 3.05) is 0 Å². The van der Waals surface area contributed by atoms with Crippen molar-refractivity contribution in [3.63, 3.8) is 0 Å². The lowest BCUT2D eigenvalue weighted by molar-refractivity contribution is -0.157. The van der Waals surface area contributed by atoms with Crippen LogP contribution < -0.4 is 5.32 Å². The van der Waals surface area contributed by atoms with Crippen LogP contribution in [-0.2, 0) is 9.53 Å². The Morgan fingerprint density at radius 2 is 1.93 bits per heavy atom. The first-order chi connectivity index (χ1) is 6.29. The van der Waals surface area contributed by atoms with Crippen molar-refractivity contribution >= 4 is 5.97 Å². The highest BCUT2D eigenvalue weighted by Crippen LogP contribution is 2.21. The molecule has 0 aromatic rings. The zero-order chi connectivity index (χ0) is 10.9. The second kappa shape index (κ2) is 3.89. The molecule has 3 heteroatoms. The molecule has 1 fully saturated rings. The quantitative estimate of drug-likeness (QED) is 0.653. The molecule has 82 valence electrons. The van der Waals surface area contributed by atoms with Crippen LogP contribution in [0.2, 0.25) is 0 Å². The Kier molecular flexibility index (Phi) is 3.20. The predicted molar refractivity (Wildman–Crippen MR) is 56.0 cm³/mol. The first-order valence-corrected chi connectivity index (χ1v) is 5.28. The van der Waals surface area contributed by atoms with Gasteiger partial charge in [-0.1, -0.05) is 6.92 Å². The molecular formula is C11H21NO2. The van der Waals surface area contributed by atoms with Crippen LogP contribution in [0, 0.1) is 5.92 Å². The van der Waals surface area contributed by atoms with Gasteiger partial charge in [0.2, 0.25) is 0 Å². The van der Waals surface area contributed by atoms with Gasteiger partial charge in [0.15, 0.2) is 0 Å². The van der Waals surface area contributed by atoms with E-state index in [2.05, 4.69) is 19.2 Å². The lowest BCUT2D eigenvalue weighted by Gasteiger charge is -2.22. The Labute approximate surface area is 86.2 Å². The molecule has 0 saturated carbocycles. The van der Waals surface area contributed by atoms with Crippen LogP contribution in [0.3, 0.4) is 0 Å². The maximum atomic E-state index is 11.7. The van der Waals surface area contributed by atoms with E-state index in [-0.39, 0.29) is 17.6 Å². The molecule has 0 aromatic carbocycles. The number of nitrogens with one attached hydrogen (secondary N) is 1. The minimum atomic E-state index is -0.381. The minimum absolute atomic E-state index is 0.112. The topological polar surface area (TPSA) is 38.3 Å². The Morgan fingerprint density at radius 3 is 2.29 bits per heavy atom. The summed E-state index contributed by atoms with van der Waals surface area (Å²) in [5, 5.41) is 3.25. The Bertz CT molecular complexity index is 210. The number of carbonyl (C=O) groups excluding carboxylic acids is 1. The average Bonchev–Trinajstić information content (AvgIpc) is 2.28. The second-order valence-electron chi connectivity index (χ2n) is 5.25. The molecule has 1 aliphatic heterocycles. The fraction of sp³-hybridized carbons (Fsp3) is 0.909. The van der Waals surface area contributed by atoms with Crippen LogP contribution in [-0.4, -0.2) is 23.7 Å². The Morgan fingerprint density at radius 1 is 1.36 bits per heavy atom. The van der Waals surface area contributed by atoms with Gasteiger partial charge in [-0.3, -0.25) is 4.79 Å². The van der Waals surface area contributed by atoms with E-state index in [0.717, 1.165) is 6.42 Å². The molecule has 0 radical (unpaired) electrons. The molecule has 1 N–H and O–H groups in total. The van der Waals surface area contributed by atoms with E-state index in [0.29, 0.717) is 12.0 Å². The van der Waals surface area contributed by atoms with Gasteiger partial charge in [-0.15, -0.1) is 0 Å². The summed E-state index contributed by atoms with van der Waals surface area (Å²) < 4.78 is 5.32. The molecule has 3 nitrogen and oxygen atoms in total. The van der Waals surface area contributed by atoms with Crippen molar-refractivity contribution in [2.24, 2.45) is 5.92 Å². The second-order valence-corrected chi connectivity index (χ2v) is 5.25. The van der Waals surface area contributed by atoms with Crippen molar-refractivity contribution < 1.29 is 9.53 Å². The summed E-state index contributed by atoms with van der Waals surface area (Å²) in [6.45, 7) is 9.95. The van der Waals surface area contributed by atoms with E-state index in [1.54, 1.807) is 0 Å². The van der Waals surface area contributed by atoms with Crippen molar-refractivity contribution in [3.05, 3.63) is 0 Å². The molecule has 14 heavy (non-hydrogen) atoms. The Balaban J connectivity index is 2.48. The monoisotopic (exact) mass is 199 g/mol. The van der Waals surface area contributed by atoms with Crippen molar-refractivity contribution in [1.82, 2.24) is 5.32 Å². The van der Waals surface area contributed by atoms with Crippen LogP contribution in [0.1, 0.15) is 41.0 Å². The largest absolute Gasteiger partial charge is 0.459 e. The zero-order valence-electron chi connectivity index (χ0n) is 9.76. The van der Waals surface area contributed by atoms with Crippen LogP contribution in [0.25, 0.3) is 0 Å². The third kappa shape index (κ3) is 2.98. The van der Waals surface area contributed by atoms with Crippen molar-refractivity contribution in [1.29, 1.82) is 0 Å². The molecule has 0 aliphatic carbocycles. The van der Waals surface area contributed by atoms with Gasteiger partial charge in [0, 0.05) is 6.04 Å². The standard InChI is InChI=1S/C11H21NO2/c1-7-6-9(12-8(7)2)10(13)14-11(3,4)5/h7-9,12H,6H2,1-5H3/t7-,8+,9?/m1/s1. The summed E-state index contributed by atoms with van der Waals surface area (Å²) >= 11 is 0. The molecule has 0 spiro atoms. The number of esters is 1. The van der Waals surface area contributed by atoms with Gasteiger partial charge < -0.3 is 10.1 Å². The normalized spacial score (nSPS) is 33.1. The van der Waals surface area contributed by atoms with Gasteiger partial charge in [0.25, 0.3) is 0 Å². The van der Waals surface area contributed by atoms with Crippen LogP contribution in [0.5, 0.6) is 0 Å². The zero-order valence-corrected chi connectivity index (χ0v) is 9.76. The van der Waals surface area contributed by atoms with Gasteiger partial charge in [0.05, 0.1) is 0 Å². The predicted octanol–water partition coefficient (Wildman–Crippen LogP) is 1.71. The molecule has 1 aliphatic rings. The van der Waals surface area contributed by atoms with E-state index in [9.17, 15) is 4.79 Å². The summed E-state index contributed by atoms with van der Waals surface area (Å²) in [7, 11) is 0. The Hall–Kier alpha value is -0.570. The van der Waals surface area contributed by atoms with E-state index >= 15 is 0 Å². The third-order valence-corrected chi connectivity index (χ3v) is 2.62. The molecule has 0 amide bonds. The maximum Gasteiger partial charge on any atom is 0.323 e.